The van der Waals surface area contributed by atoms with E-state index >= 15 is 0 Å². The van der Waals surface area contributed by atoms with Gasteiger partial charge in [-0.05, 0) is 30.3 Å². The topological polar surface area (TPSA) is 43.4 Å². The van der Waals surface area contributed by atoms with Crippen molar-refractivity contribution in [2.75, 3.05) is 6.61 Å². The molecule has 0 aliphatic carbocycles. The van der Waals surface area contributed by atoms with Gasteiger partial charge in [0, 0.05) is 5.56 Å². The molecule has 5 heteroatoms. The highest BCUT2D eigenvalue weighted by molar-refractivity contribution is 6.42. The van der Waals surface area contributed by atoms with Crippen LogP contribution < -0.4 is 0 Å². The lowest BCUT2D eigenvalue weighted by Crippen LogP contribution is -2.14. The molecule has 3 nitrogen and oxygen atoms in total. The van der Waals surface area contributed by atoms with Crippen molar-refractivity contribution in [2.24, 2.45) is 0 Å². The second-order valence-electron chi connectivity index (χ2n) is 3.99. The fourth-order valence-electron chi connectivity index (χ4n) is 1.54. The molecule has 0 fully saturated rings. The van der Waals surface area contributed by atoms with Crippen LogP contribution in [0.25, 0.3) is 0 Å². The predicted molar refractivity (Wildman–Crippen MR) is 77.5 cm³/mol. The zero-order chi connectivity index (χ0) is 14.5. The number of esters is 1. The fraction of sp³-hybridized carbons (Fsp3) is 0.0667. The summed E-state index contributed by atoms with van der Waals surface area (Å²) in [5.41, 5.74) is 0.745. The van der Waals surface area contributed by atoms with Gasteiger partial charge in [-0.3, -0.25) is 4.79 Å². The van der Waals surface area contributed by atoms with Gasteiger partial charge in [-0.1, -0.05) is 41.4 Å². The van der Waals surface area contributed by atoms with Crippen molar-refractivity contribution in [3.05, 3.63) is 69.7 Å². The Labute approximate surface area is 126 Å². The third kappa shape index (κ3) is 3.59. The first-order valence-electron chi connectivity index (χ1n) is 5.78. The Bertz CT molecular complexity index is 639. The van der Waals surface area contributed by atoms with Gasteiger partial charge in [0.1, 0.15) is 0 Å². The summed E-state index contributed by atoms with van der Waals surface area (Å²) >= 11 is 11.6. The molecule has 0 aliphatic heterocycles. The maximum Gasteiger partial charge on any atom is 0.338 e. The van der Waals surface area contributed by atoms with Crippen molar-refractivity contribution < 1.29 is 14.3 Å². The summed E-state index contributed by atoms with van der Waals surface area (Å²) in [6.45, 7) is -0.342. The van der Waals surface area contributed by atoms with Crippen molar-refractivity contribution >= 4 is 35.0 Å². The Hall–Kier alpha value is -1.84. The van der Waals surface area contributed by atoms with Gasteiger partial charge in [-0.2, -0.15) is 0 Å². The van der Waals surface area contributed by atoms with Crippen molar-refractivity contribution in [1.29, 1.82) is 0 Å². The number of ether oxygens (including phenoxy) is 1. The van der Waals surface area contributed by atoms with Crippen LogP contribution in [-0.4, -0.2) is 18.4 Å². The quantitative estimate of drug-likeness (QED) is 0.632. The largest absolute Gasteiger partial charge is 0.454 e. The zero-order valence-corrected chi connectivity index (χ0v) is 11.8. The summed E-state index contributed by atoms with van der Waals surface area (Å²) in [4.78, 5) is 23.5. The molecular formula is C15H10Cl2O3. The Morgan fingerprint density at radius 2 is 1.60 bits per heavy atom. The maximum absolute atomic E-state index is 11.9. The third-order valence-corrected chi connectivity index (χ3v) is 3.32. The van der Waals surface area contributed by atoms with E-state index in [1.54, 1.807) is 30.3 Å². The van der Waals surface area contributed by atoms with E-state index < -0.39 is 5.97 Å². The van der Waals surface area contributed by atoms with Crippen LogP contribution in [0.5, 0.6) is 0 Å². The van der Waals surface area contributed by atoms with E-state index in [1.807, 2.05) is 0 Å². The van der Waals surface area contributed by atoms with E-state index in [2.05, 4.69) is 0 Å². The first kappa shape index (κ1) is 14.6. The van der Waals surface area contributed by atoms with Crippen LogP contribution in [-0.2, 0) is 4.74 Å². The van der Waals surface area contributed by atoms with Gasteiger partial charge >= 0.3 is 5.97 Å². The van der Waals surface area contributed by atoms with Crippen molar-refractivity contribution in [3.8, 4) is 0 Å². The van der Waals surface area contributed by atoms with Gasteiger partial charge in [0.2, 0.25) is 0 Å². The SMILES string of the molecule is O=C(COC(=O)c1ccccc1)c1ccc(Cl)c(Cl)c1. The first-order chi connectivity index (χ1) is 9.58. The van der Waals surface area contributed by atoms with Crippen LogP contribution in [0.1, 0.15) is 20.7 Å². The van der Waals surface area contributed by atoms with Gasteiger partial charge in [0.05, 0.1) is 15.6 Å². The molecule has 0 aliphatic rings. The molecule has 0 N–H and O–H groups in total. The van der Waals surface area contributed by atoms with Crippen molar-refractivity contribution in [1.82, 2.24) is 0 Å². The zero-order valence-electron chi connectivity index (χ0n) is 10.3. The number of benzene rings is 2. The summed E-state index contributed by atoms with van der Waals surface area (Å²) in [5, 5.41) is 0.649. The molecule has 102 valence electrons. The monoisotopic (exact) mass is 308 g/mol. The average Bonchev–Trinajstić information content (AvgIpc) is 2.48. The smallest absolute Gasteiger partial charge is 0.338 e. The molecule has 0 heterocycles. The summed E-state index contributed by atoms with van der Waals surface area (Å²) in [5.74, 6) is -0.883. The number of carbonyl (C=O) groups excluding carboxylic acids is 2. The molecular weight excluding hydrogens is 299 g/mol. The van der Waals surface area contributed by atoms with E-state index in [4.69, 9.17) is 27.9 Å². The Morgan fingerprint density at radius 3 is 2.25 bits per heavy atom. The highest BCUT2D eigenvalue weighted by Gasteiger charge is 2.12. The number of carbonyl (C=O) groups is 2. The standard InChI is InChI=1S/C15H10Cl2O3/c16-12-7-6-11(8-13(12)17)14(18)9-20-15(19)10-4-2-1-3-5-10/h1-8H,9H2. The predicted octanol–water partition coefficient (Wildman–Crippen LogP) is 4.03. The van der Waals surface area contributed by atoms with Crippen LogP contribution >= 0.6 is 23.2 Å². The lowest BCUT2D eigenvalue weighted by Gasteiger charge is -2.05. The van der Waals surface area contributed by atoms with Gasteiger partial charge < -0.3 is 4.74 Å². The van der Waals surface area contributed by atoms with Gasteiger partial charge in [0.15, 0.2) is 12.4 Å². The molecule has 20 heavy (non-hydrogen) atoms. The van der Waals surface area contributed by atoms with Crippen LogP contribution in [0.15, 0.2) is 48.5 Å². The Balaban J connectivity index is 1.98. The molecule has 0 bridgehead atoms. The summed E-state index contributed by atoms with van der Waals surface area (Å²) in [7, 11) is 0. The molecule has 2 aromatic carbocycles. The minimum atomic E-state index is -0.543. The molecule has 0 radical (unpaired) electrons. The lowest BCUT2D eigenvalue weighted by molar-refractivity contribution is 0.0475. The van der Waals surface area contributed by atoms with E-state index in [9.17, 15) is 9.59 Å². The van der Waals surface area contributed by atoms with Crippen LogP contribution in [0.3, 0.4) is 0 Å². The van der Waals surface area contributed by atoms with E-state index in [1.165, 1.54) is 18.2 Å². The molecule has 0 amide bonds. The van der Waals surface area contributed by atoms with Crippen molar-refractivity contribution in [3.63, 3.8) is 0 Å². The number of rotatable bonds is 4. The molecule has 0 spiro atoms. The van der Waals surface area contributed by atoms with E-state index in [-0.39, 0.29) is 17.4 Å². The fourth-order valence-corrected chi connectivity index (χ4v) is 1.84. The minimum absolute atomic E-state index is 0.284. The van der Waals surface area contributed by atoms with Gasteiger partial charge in [-0.25, -0.2) is 4.79 Å². The molecule has 2 aromatic rings. The van der Waals surface area contributed by atoms with Gasteiger partial charge in [-0.15, -0.1) is 0 Å². The third-order valence-electron chi connectivity index (χ3n) is 2.59. The summed E-state index contributed by atoms with van der Waals surface area (Å²) < 4.78 is 4.95. The molecule has 2 rings (SSSR count). The highest BCUT2D eigenvalue weighted by atomic mass is 35.5. The molecule has 0 saturated carbocycles. The van der Waals surface area contributed by atoms with Crippen LogP contribution in [0, 0.1) is 0 Å². The number of hydrogen-bond donors (Lipinski definition) is 0. The summed E-state index contributed by atoms with van der Waals surface area (Å²) in [6, 6.07) is 13.0. The first-order valence-corrected chi connectivity index (χ1v) is 6.54. The molecule has 0 unspecified atom stereocenters. The summed E-state index contributed by atoms with van der Waals surface area (Å²) in [6.07, 6.45) is 0. The Morgan fingerprint density at radius 1 is 0.900 bits per heavy atom. The number of hydrogen-bond acceptors (Lipinski definition) is 3. The number of Topliss-reactive ketones (excluding diaryl/α,β-unsaturated/α-hetero) is 1. The van der Waals surface area contributed by atoms with Crippen LogP contribution in [0.2, 0.25) is 10.0 Å². The van der Waals surface area contributed by atoms with Crippen LogP contribution in [0.4, 0.5) is 0 Å². The van der Waals surface area contributed by atoms with Gasteiger partial charge in [0.25, 0.3) is 0 Å². The number of ketones is 1. The highest BCUT2D eigenvalue weighted by Crippen LogP contribution is 2.22. The average molecular weight is 309 g/mol. The second-order valence-corrected chi connectivity index (χ2v) is 4.81. The molecule has 0 atom stereocenters. The van der Waals surface area contributed by atoms with E-state index in [0.29, 0.717) is 16.1 Å². The van der Waals surface area contributed by atoms with E-state index in [0.717, 1.165) is 0 Å². The number of halogens is 2. The second kappa shape index (κ2) is 6.55. The minimum Gasteiger partial charge on any atom is -0.454 e. The van der Waals surface area contributed by atoms with Crippen molar-refractivity contribution in [2.45, 2.75) is 0 Å². The Kier molecular flexibility index (Phi) is 4.77. The molecule has 0 saturated heterocycles. The lowest BCUT2D eigenvalue weighted by atomic mass is 10.1. The molecule has 0 aromatic heterocycles. The maximum atomic E-state index is 11.9. The normalized spacial score (nSPS) is 10.1.